The Morgan fingerprint density at radius 1 is 0.688 bits per heavy atom. The third-order valence-corrected chi connectivity index (χ3v) is 6.27. The van der Waals surface area contributed by atoms with Crippen LogP contribution in [0.4, 0.5) is 0 Å². The van der Waals surface area contributed by atoms with Gasteiger partial charge in [0.2, 0.25) is 0 Å². The molecule has 1 aliphatic carbocycles. The molecule has 0 heterocycles. The second-order valence-corrected chi connectivity index (χ2v) is 7.81. The molecular weight excluding hydrogens is 392 g/mol. The fraction of sp³-hybridized carbons (Fsp3) is 0.200. The lowest BCUT2D eigenvalue weighted by atomic mass is 9.51. The maximum absolute atomic E-state index is 6.44. The molecule has 2 nitrogen and oxygen atoms in total. The molecule has 3 aromatic rings. The first-order valence-electron chi connectivity index (χ1n) is 11.2. The molecule has 1 atom stereocenters. The van der Waals surface area contributed by atoms with Gasteiger partial charge < -0.3 is 9.47 Å². The van der Waals surface area contributed by atoms with Gasteiger partial charge in [-0.15, -0.1) is 6.58 Å². The van der Waals surface area contributed by atoms with Crippen LogP contribution in [0.3, 0.4) is 0 Å². The van der Waals surface area contributed by atoms with E-state index in [0.717, 1.165) is 17.1 Å². The molecule has 4 rings (SSSR count). The van der Waals surface area contributed by atoms with Gasteiger partial charge in [-0.3, -0.25) is 0 Å². The summed E-state index contributed by atoms with van der Waals surface area (Å²) < 4.78 is 12.6. The molecule has 32 heavy (non-hydrogen) atoms. The number of hydrogen-bond acceptors (Lipinski definition) is 2. The van der Waals surface area contributed by atoms with E-state index >= 15 is 0 Å². The van der Waals surface area contributed by atoms with Gasteiger partial charge in [-0.1, -0.05) is 103 Å². The van der Waals surface area contributed by atoms with E-state index in [-0.39, 0.29) is 0 Å². The van der Waals surface area contributed by atoms with E-state index in [0.29, 0.717) is 13.2 Å². The first kappa shape index (κ1) is 21.7. The van der Waals surface area contributed by atoms with Gasteiger partial charge in [0.1, 0.15) is 0 Å². The van der Waals surface area contributed by atoms with E-state index in [4.69, 9.17) is 9.47 Å². The quantitative estimate of drug-likeness (QED) is 0.366. The van der Waals surface area contributed by atoms with Gasteiger partial charge in [0.05, 0.1) is 24.0 Å². The number of rotatable bonds is 8. The van der Waals surface area contributed by atoms with Gasteiger partial charge in [0.25, 0.3) is 0 Å². The van der Waals surface area contributed by atoms with Gasteiger partial charge >= 0.3 is 0 Å². The lowest BCUT2D eigenvalue weighted by Crippen LogP contribution is -2.51. The molecule has 1 unspecified atom stereocenters. The van der Waals surface area contributed by atoms with E-state index in [1.54, 1.807) is 0 Å². The molecular formula is C30H30O2. The summed E-state index contributed by atoms with van der Waals surface area (Å²) in [6, 6.07) is 31.7. The summed E-state index contributed by atoms with van der Waals surface area (Å²) in [4.78, 5) is 0. The van der Waals surface area contributed by atoms with Crippen LogP contribution in [0, 0.1) is 0 Å². The summed E-state index contributed by atoms with van der Waals surface area (Å²) in [5.74, 6) is 1.54. The van der Waals surface area contributed by atoms with Gasteiger partial charge in [-0.05, 0) is 36.6 Å². The normalized spacial score (nSPS) is 19.4. The van der Waals surface area contributed by atoms with Gasteiger partial charge in [0, 0.05) is 0 Å². The predicted octanol–water partition coefficient (Wildman–Crippen LogP) is 6.95. The van der Waals surface area contributed by atoms with Crippen LogP contribution >= 0.6 is 0 Å². The highest BCUT2D eigenvalue weighted by atomic mass is 16.5. The van der Waals surface area contributed by atoms with Crippen molar-refractivity contribution in [1.82, 2.24) is 0 Å². The van der Waals surface area contributed by atoms with E-state index in [2.05, 4.69) is 104 Å². The minimum Gasteiger partial charge on any atom is -0.493 e. The molecule has 0 fully saturated rings. The average Bonchev–Trinajstić information content (AvgIpc) is 2.87. The SMILES string of the molecule is C=CC1(c2ccccc2)C(OCC)=C(OCC)C=CC1(c1ccccc1)c1ccccc1. The number of benzene rings is 3. The highest BCUT2D eigenvalue weighted by molar-refractivity contribution is 5.63. The molecule has 0 N–H and O–H groups in total. The maximum atomic E-state index is 6.44. The molecule has 2 heteroatoms. The Morgan fingerprint density at radius 2 is 1.16 bits per heavy atom. The van der Waals surface area contributed by atoms with E-state index in [9.17, 15) is 0 Å². The zero-order valence-electron chi connectivity index (χ0n) is 18.8. The van der Waals surface area contributed by atoms with E-state index in [1.807, 2.05) is 26.0 Å². The monoisotopic (exact) mass is 422 g/mol. The van der Waals surface area contributed by atoms with Crippen LogP contribution < -0.4 is 0 Å². The molecule has 1 aliphatic rings. The fourth-order valence-corrected chi connectivity index (χ4v) is 5.03. The largest absolute Gasteiger partial charge is 0.493 e. The summed E-state index contributed by atoms with van der Waals surface area (Å²) in [6.07, 6.45) is 6.37. The third kappa shape index (κ3) is 3.27. The summed E-state index contributed by atoms with van der Waals surface area (Å²) >= 11 is 0. The lowest BCUT2D eigenvalue weighted by Gasteiger charge is -2.51. The van der Waals surface area contributed by atoms with Crippen molar-refractivity contribution < 1.29 is 9.47 Å². The summed E-state index contributed by atoms with van der Waals surface area (Å²) in [7, 11) is 0. The average molecular weight is 423 g/mol. The fourth-order valence-electron chi connectivity index (χ4n) is 5.03. The summed E-state index contributed by atoms with van der Waals surface area (Å²) in [6.45, 7) is 9.50. The van der Waals surface area contributed by atoms with Crippen LogP contribution in [0.15, 0.2) is 127 Å². The minimum atomic E-state index is -0.716. The summed E-state index contributed by atoms with van der Waals surface area (Å²) in [5, 5.41) is 0. The molecule has 0 amide bonds. The van der Waals surface area contributed by atoms with Crippen molar-refractivity contribution in [2.45, 2.75) is 24.7 Å². The number of hydrogen-bond donors (Lipinski definition) is 0. The lowest BCUT2D eigenvalue weighted by molar-refractivity contribution is 0.127. The molecule has 0 saturated carbocycles. The van der Waals surface area contributed by atoms with Crippen LogP contribution in [0.1, 0.15) is 30.5 Å². The second-order valence-electron chi connectivity index (χ2n) is 7.81. The van der Waals surface area contributed by atoms with Crippen LogP contribution in [-0.2, 0) is 20.3 Å². The molecule has 162 valence electrons. The molecule has 0 aromatic heterocycles. The predicted molar refractivity (Wildman–Crippen MR) is 131 cm³/mol. The molecule has 0 radical (unpaired) electrons. The molecule has 3 aromatic carbocycles. The zero-order chi connectivity index (χ0) is 22.4. The van der Waals surface area contributed by atoms with Gasteiger partial charge in [-0.25, -0.2) is 0 Å². The van der Waals surface area contributed by atoms with Crippen molar-refractivity contribution in [2.75, 3.05) is 13.2 Å². The first-order valence-corrected chi connectivity index (χ1v) is 11.2. The Balaban J connectivity index is 2.18. The van der Waals surface area contributed by atoms with Crippen LogP contribution in [0.2, 0.25) is 0 Å². The van der Waals surface area contributed by atoms with E-state index in [1.165, 1.54) is 11.1 Å². The van der Waals surface area contributed by atoms with Crippen LogP contribution in [0.25, 0.3) is 0 Å². The van der Waals surface area contributed by atoms with Crippen LogP contribution in [0.5, 0.6) is 0 Å². The number of ether oxygens (including phenoxy) is 2. The smallest absolute Gasteiger partial charge is 0.157 e. The zero-order valence-corrected chi connectivity index (χ0v) is 18.8. The minimum absolute atomic E-state index is 0.530. The molecule has 0 bridgehead atoms. The molecule has 0 aliphatic heterocycles. The standard InChI is InChI=1S/C30H30O2/c1-4-29(24-16-10-7-11-17-24)28(32-6-3)27(31-5-2)22-23-30(29,25-18-12-8-13-19-25)26-20-14-9-15-21-26/h4,7-23H,1,5-6H2,2-3H3. The van der Waals surface area contributed by atoms with Crippen LogP contribution in [-0.4, -0.2) is 13.2 Å². The maximum Gasteiger partial charge on any atom is 0.157 e. The van der Waals surface area contributed by atoms with E-state index < -0.39 is 10.8 Å². The third-order valence-electron chi connectivity index (χ3n) is 6.27. The Morgan fingerprint density at radius 3 is 1.59 bits per heavy atom. The highest BCUT2D eigenvalue weighted by Gasteiger charge is 2.57. The van der Waals surface area contributed by atoms with Crippen molar-refractivity contribution in [1.29, 1.82) is 0 Å². The topological polar surface area (TPSA) is 18.5 Å². The Kier molecular flexibility index (Phi) is 6.32. The molecule has 0 spiro atoms. The first-order chi connectivity index (χ1) is 15.7. The van der Waals surface area contributed by atoms with Gasteiger partial charge in [0.15, 0.2) is 11.5 Å². The van der Waals surface area contributed by atoms with Crippen molar-refractivity contribution in [3.05, 3.63) is 144 Å². The van der Waals surface area contributed by atoms with Crippen molar-refractivity contribution in [3.8, 4) is 0 Å². The van der Waals surface area contributed by atoms with Crippen molar-refractivity contribution >= 4 is 0 Å². The van der Waals surface area contributed by atoms with Crippen molar-refractivity contribution in [3.63, 3.8) is 0 Å². The Labute approximate surface area is 191 Å². The Bertz CT molecular complexity index is 1060. The van der Waals surface area contributed by atoms with Gasteiger partial charge in [-0.2, -0.15) is 0 Å². The highest BCUT2D eigenvalue weighted by Crippen LogP contribution is 2.57. The Hall–Kier alpha value is -3.52. The van der Waals surface area contributed by atoms with Crippen molar-refractivity contribution in [2.24, 2.45) is 0 Å². The number of allylic oxidation sites excluding steroid dienone is 3. The molecule has 0 saturated heterocycles. The summed E-state index contributed by atoms with van der Waals surface area (Å²) in [5.41, 5.74) is 2.14. The second kappa shape index (κ2) is 9.32.